The van der Waals surface area contributed by atoms with Crippen molar-refractivity contribution in [1.82, 2.24) is 9.80 Å². The van der Waals surface area contributed by atoms with Crippen molar-refractivity contribution in [2.24, 2.45) is 5.73 Å². The van der Waals surface area contributed by atoms with Gasteiger partial charge >= 0.3 is 0 Å². The maximum Gasteiger partial charge on any atom is 0.242 e. The molecule has 1 aromatic carbocycles. The van der Waals surface area contributed by atoms with Crippen LogP contribution in [0.2, 0.25) is 0 Å². The molecule has 1 amide bonds. The summed E-state index contributed by atoms with van der Waals surface area (Å²) >= 11 is 0. The molecular weight excluding hydrogens is 392 g/mol. The second kappa shape index (κ2) is 10.5. The molecule has 1 heterocycles. The van der Waals surface area contributed by atoms with Crippen LogP contribution in [0.1, 0.15) is 37.7 Å². The molecule has 1 aromatic rings. The largest absolute Gasteiger partial charge is 0.494 e. The summed E-state index contributed by atoms with van der Waals surface area (Å²) in [7, 11) is 1.46. The molecule has 3 rings (SSSR count). The quantitative estimate of drug-likeness (QED) is 0.811. The van der Waals surface area contributed by atoms with E-state index >= 15 is 0 Å². The van der Waals surface area contributed by atoms with Crippen molar-refractivity contribution < 1.29 is 13.9 Å². The number of nitrogens with two attached hydrogens (primary N) is 1. The monoisotopic (exact) mass is 421 g/mol. The fourth-order valence-electron chi connectivity index (χ4n) is 3.89. The summed E-state index contributed by atoms with van der Waals surface area (Å²) in [6, 6.07) is 5.06. The van der Waals surface area contributed by atoms with Crippen LogP contribution in [0.15, 0.2) is 18.2 Å². The number of piperazine rings is 1. The second-order valence-electron chi connectivity index (χ2n) is 7.25. The highest BCUT2D eigenvalue weighted by molar-refractivity contribution is 5.86. The molecule has 2 aliphatic rings. The van der Waals surface area contributed by atoms with Crippen molar-refractivity contribution in [3.63, 3.8) is 0 Å². The maximum absolute atomic E-state index is 13.8. The van der Waals surface area contributed by atoms with Crippen molar-refractivity contribution in [2.75, 3.05) is 33.3 Å². The second-order valence-corrected chi connectivity index (χ2v) is 7.25. The first kappa shape index (κ1) is 24.0. The zero-order valence-corrected chi connectivity index (χ0v) is 17.4. The molecule has 27 heavy (non-hydrogen) atoms. The number of hydrogen-bond acceptors (Lipinski definition) is 4. The minimum Gasteiger partial charge on any atom is -0.494 e. The molecule has 0 aromatic heterocycles. The van der Waals surface area contributed by atoms with Crippen molar-refractivity contribution in [2.45, 2.75) is 44.2 Å². The zero-order valence-electron chi connectivity index (χ0n) is 15.8. The number of ether oxygens (including phenoxy) is 1. The summed E-state index contributed by atoms with van der Waals surface area (Å²) in [4.78, 5) is 16.9. The number of nitrogens with zero attached hydrogens (tertiary/aromatic N) is 2. The van der Waals surface area contributed by atoms with Crippen LogP contribution in [0.4, 0.5) is 4.39 Å². The average molecular weight is 422 g/mol. The molecule has 0 atom stereocenters. The van der Waals surface area contributed by atoms with Gasteiger partial charge in [-0.2, -0.15) is 0 Å². The number of halogens is 3. The maximum atomic E-state index is 13.8. The lowest BCUT2D eigenvalue weighted by molar-refractivity contribution is -0.140. The van der Waals surface area contributed by atoms with E-state index in [9.17, 15) is 9.18 Å². The molecule has 2 fully saturated rings. The van der Waals surface area contributed by atoms with Crippen LogP contribution in [0.25, 0.3) is 0 Å². The van der Waals surface area contributed by atoms with E-state index in [2.05, 4.69) is 4.90 Å². The number of amides is 1. The number of rotatable bonds is 4. The summed E-state index contributed by atoms with van der Waals surface area (Å²) < 4.78 is 18.8. The fourth-order valence-corrected chi connectivity index (χ4v) is 3.89. The summed E-state index contributed by atoms with van der Waals surface area (Å²) in [5, 5.41) is 0. The predicted molar refractivity (Wildman–Crippen MR) is 109 cm³/mol. The van der Waals surface area contributed by atoms with Gasteiger partial charge in [-0.1, -0.05) is 25.3 Å². The highest BCUT2D eigenvalue weighted by Crippen LogP contribution is 2.28. The SMILES string of the molecule is COc1ccc(CN2CCN(C(=O)C3(N)CCCCC3)CC2)cc1F.Cl.Cl. The molecule has 2 N–H and O–H groups in total. The number of benzene rings is 1. The smallest absolute Gasteiger partial charge is 0.242 e. The van der Waals surface area contributed by atoms with Crippen molar-refractivity contribution in [3.8, 4) is 5.75 Å². The van der Waals surface area contributed by atoms with Gasteiger partial charge in [-0.05, 0) is 30.5 Å². The van der Waals surface area contributed by atoms with Crippen LogP contribution < -0.4 is 10.5 Å². The van der Waals surface area contributed by atoms with Crippen LogP contribution in [-0.4, -0.2) is 54.5 Å². The van der Waals surface area contributed by atoms with Crippen molar-refractivity contribution in [1.29, 1.82) is 0 Å². The third-order valence-electron chi connectivity index (χ3n) is 5.45. The van der Waals surface area contributed by atoms with Gasteiger partial charge in [-0.3, -0.25) is 9.69 Å². The van der Waals surface area contributed by atoms with Gasteiger partial charge in [-0.15, -0.1) is 24.8 Å². The van der Waals surface area contributed by atoms with E-state index in [0.717, 1.165) is 44.3 Å². The lowest BCUT2D eigenvalue weighted by Crippen LogP contribution is -2.60. The summed E-state index contributed by atoms with van der Waals surface area (Å²) in [6.45, 7) is 3.63. The van der Waals surface area contributed by atoms with Crippen LogP contribution in [0, 0.1) is 5.82 Å². The van der Waals surface area contributed by atoms with E-state index in [1.807, 2.05) is 11.0 Å². The van der Waals surface area contributed by atoms with E-state index in [0.29, 0.717) is 19.6 Å². The number of carbonyl (C=O) groups is 1. The average Bonchev–Trinajstić information content (AvgIpc) is 2.62. The molecule has 1 saturated carbocycles. The lowest BCUT2D eigenvalue weighted by atomic mass is 9.81. The highest BCUT2D eigenvalue weighted by Gasteiger charge is 2.39. The Labute approximate surface area is 173 Å². The Bertz CT molecular complexity index is 619. The fraction of sp³-hybridized carbons (Fsp3) is 0.632. The third-order valence-corrected chi connectivity index (χ3v) is 5.45. The van der Waals surface area contributed by atoms with E-state index in [1.54, 1.807) is 6.07 Å². The molecule has 154 valence electrons. The number of hydrogen-bond donors (Lipinski definition) is 1. The first-order valence-electron chi connectivity index (χ1n) is 9.15. The summed E-state index contributed by atoms with van der Waals surface area (Å²) in [5.74, 6) is 0.0402. The first-order valence-corrected chi connectivity index (χ1v) is 9.15. The van der Waals surface area contributed by atoms with Crippen LogP contribution >= 0.6 is 24.8 Å². The minimum atomic E-state index is -0.653. The van der Waals surface area contributed by atoms with Gasteiger partial charge in [0.1, 0.15) is 0 Å². The van der Waals surface area contributed by atoms with Crippen LogP contribution in [0.3, 0.4) is 0 Å². The molecule has 5 nitrogen and oxygen atoms in total. The minimum absolute atomic E-state index is 0. The Morgan fingerprint density at radius 1 is 1.15 bits per heavy atom. The van der Waals surface area contributed by atoms with Gasteiger partial charge in [0.05, 0.1) is 12.6 Å². The Balaban J connectivity index is 0.00000182. The van der Waals surface area contributed by atoms with Gasteiger partial charge in [0.25, 0.3) is 0 Å². The van der Waals surface area contributed by atoms with Gasteiger partial charge in [0.2, 0.25) is 5.91 Å². The van der Waals surface area contributed by atoms with E-state index in [-0.39, 0.29) is 42.3 Å². The molecule has 0 radical (unpaired) electrons. The molecule has 0 spiro atoms. The Hall–Kier alpha value is -1.08. The van der Waals surface area contributed by atoms with Crippen LogP contribution in [-0.2, 0) is 11.3 Å². The number of carbonyl (C=O) groups excluding carboxylic acids is 1. The standard InChI is InChI=1S/C19H28FN3O2.2ClH/c1-25-17-6-5-15(13-16(17)20)14-22-9-11-23(12-10-22)18(24)19(21)7-3-2-4-8-19;;/h5-6,13H,2-4,7-12,14,21H2,1H3;2*1H. The van der Waals surface area contributed by atoms with Crippen molar-refractivity contribution in [3.05, 3.63) is 29.6 Å². The number of methoxy groups -OCH3 is 1. The van der Waals surface area contributed by atoms with Gasteiger partial charge in [-0.25, -0.2) is 4.39 Å². The Morgan fingerprint density at radius 2 is 1.78 bits per heavy atom. The summed E-state index contributed by atoms with van der Waals surface area (Å²) in [6.07, 6.45) is 4.88. The third kappa shape index (κ3) is 5.70. The van der Waals surface area contributed by atoms with E-state index < -0.39 is 5.54 Å². The van der Waals surface area contributed by atoms with Gasteiger partial charge < -0.3 is 15.4 Å². The lowest BCUT2D eigenvalue weighted by Gasteiger charge is -2.41. The molecule has 1 aliphatic heterocycles. The van der Waals surface area contributed by atoms with Gasteiger partial charge in [0, 0.05) is 32.7 Å². The topological polar surface area (TPSA) is 58.8 Å². The van der Waals surface area contributed by atoms with Crippen LogP contribution in [0.5, 0.6) is 5.75 Å². The zero-order chi connectivity index (χ0) is 17.9. The normalized spacial score (nSPS) is 19.6. The molecule has 1 aliphatic carbocycles. The Kier molecular flexibility index (Phi) is 9.28. The molecular formula is C19H30Cl2FN3O2. The predicted octanol–water partition coefficient (Wildman–Crippen LogP) is 2.98. The van der Waals surface area contributed by atoms with E-state index in [1.165, 1.54) is 19.6 Å². The summed E-state index contributed by atoms with van der Waals surface area (Å²) in [5.41, 5.74) is 6.64. The van der Waals surface area contributed by atoms with Crippen molar-refractivity contribution >= 4 is 30.7 Å². The van der Waals surface area contributed by atoms with Gasteiger partial charge in [0.15, 0.2) is 11.6 Å². The van der Waals surface area contributed by atoms with E-state index in [4.69, 9.17) is 10.5 Å². The molecule has 0 bridgehead atoms. The highest BCUT2D eigenvalue weighted by atomic mass is 35.5. The Morgan fingerprint density at radius 3 is 2.33 bits per heavy atom. The molecule has 8 heteroatoms. The molecule has 0 unspecified atom stereocenters. The first-order chi connectivity index (χ1) is 12.0. The molecule has 1 saturated heterocycles.